The first kappa shape index (κ1) is 10.9. The molecule has 13 heavy (non-hydrogen) atoms. The largest absolute Gasteiger partial charge is 0.336 e. The smallest absolute Gasteiger partial charge is 0.273 e. The van der Waals surface area contributed by atoms with Gasteiger partial charge in [0.15, 0.2) is 0 Å². The Balaban J connectivity index is 2.67. The van der Waals surface area contributed by atoms with Crippen LogP contribution in [-0.4, -0.2) is 29.4 Å². The van der Waals surface area contributed by atoms with Gasteiger partial charge in [0, 0.05) is 12.1 Å². The maximum Gasteiger partial charge on any atom is 0.336 e. The Morgan fingerprint density at radius 2 is 2.08 bits per heavy atom. The summed E-state index contributed by atoms with van der Waals surface area (Å²) in [5.41, 5.74) is 0. The van der Waals surface area contributed by atoms with Gasteiger partial charge in [-0.05, 0) is 26.2 Å². The van der Waals surface area contributed by atoms with Crippen LogP contribution in [0.5, 0.6) is 0 Å². The summed E-state index contributed by atoms with van der Waals surface area (Å²) >= 11 is 0. The van der Waals surface area contributed by atoms with Gasteiger partial charge in [0.05, 0.1) is 0 Å². The van der Waals surface area contributed by atoms with E-state index in [1.807, 2.05) is 13.8 Å². The molecule has 0 aromatic carbocycles. The van der Waals surface area contributed by atoms with Crippen molar-refractivity contribution in [3.63, 3.8) is 0 Å². The lowest BCUT2D eigenvalue weighted by atomic mass is 10.2. The Labute approximate surface area is 79.8 Å². The van der Waals surface area contributed by atoms with Gasteiger partial charge >= 0.3 is 10.3 Å². The molecule has 1 saturated carbocycles. The highest BCUT2D eigenvalue weighted by molar-refractivity contribution is 7.83. The van der Waals surface area contributed by atoms with Crippen molar-refractivity contribution >= 4 is 10.3 Å². The lowest BCUT2D eigenvalue weighted by molar-refractivity contribution is 0.278. The molecule has 0 amide bonds. The van der Waals surface area contributed by atoms with Crippen LogP contribution in [0.2, 0.25) is 0 Å². The van der Waals surface area contributed by atoms with Crippen molar-refractivity contribution < 1.29 is 13.0 Å². The van der Waals surface area contributed by atoms with E-state index >= 15 is 0 Å². The van der Waals surface area contributed by atoms with Gasteiger partial charge < -0.3 is 0 Å². The third-order valence-electron chi connectivity index (χ3n) is 2.31. The van der Waals surface area contributed by atoms with Crippen LogP contribution in [0.1, 0.15) is 39.5 Å². The molecule has 1 atom stereocenters. The highest BCUT2D eigenvalue weighted by Gasteiger charge is 2.39. The Hall–Kier alpha value is -0.130. The fourth-order valence-electron chi connectivity index (χ4n) is 1.65. The van der Waals surface area contributed by atoms with Crippen LogP contribution in [0.25, 0.3) is 0 Å². The summed E-state index contributed by atoms with van der Waals surface area (Å²) in [4.78, 5) is 0. The van der Waals surface area contributed by atoms with E-state index in [0.717, 1.165) is 25.7 Å². The molecule has 1 rings (SSSR count). The summed E-state index contributed by atoms with van der Waals surface area (Å²) < 4.78 is 32.3. The van der Waals surface area contributed by atoms with Crippen LogP contribution in [-0.2, 0) is 10.3 Å². The van der Waals surface area contributed by atoms with Crippen LogP contribution in [0.15, 0.2) is 0 Å². The minimum atomic E-state index is -3.99. The van der Waals surface area contributed by atoms with E-state index in [1.165, 1.54) is 4.31 Å². The molecular formula is C8H17NO3S. The van der Waals surface area contributed by atoms with Gasteiger partial charge in [0.2, 0.25) is 0 Å². The van der Waals surface area contributed by atoms with Crippen LogP contribution < -0.4 is 0 Å². The molecule has 0 bridgehead atoms. The molecule has 0 radical (unpaired) electrons. The SMILES string of the molecule is CCCC(C)N(C1CC1)S(=O)(=O)O. The standard InChI is InChI=1S/C8H17NO3S/c1-3-4-7(2)9(8-5-6-8)13(10,11)12/h7-8H,3-6H2,1-2H3,(H,10,11,12). The zero-order valence-corrected chi connectivity index (χ0v) is 8.92. The molecular weight excluding hydrogens is 190 g/mol. The van der Waals surface area contributed by atoms with Gasteiger partial charge in [-0.2, -0.15) is 12.7 Å². The zero-order chi connectivity index (χ0) is 10.1. The zero-order valence-electron chi connectivity index (χ0n) is 8.10. The minimum absolute atomic E-state index is 0.0524. The summed E-state index contributed by atoms with van der Waals surface area (Å²) in [5.74, 6) is 0. The quantitative estimate of drug-likeness (QED) is 0.694. The van der Waals surface area contributed by atoms with Gasteiger partial charge in [-0.1, -0.05) is 13.3 Å². The molecule has 0 aromatic rings. The molecule has 1 unspecified atom stereocenters. The van der Waals surface area contributed by atoms with Gasteiger partial charge in [0.25, 0.3) is 0 Å². The van der Waals surface area contributed by atoms with Crippen molar-refractivity contribution in [1.82, 2.24) is 4.31 Å². The molecule has 4 nitrogen and oxygen atoms in total. The van der Waals surface area contributed by atoms with E-state index in [1.54, 1.807) is 0 Å². The van der Waals surface area contributed by atoms with Crippen LogP contribution in [0, 0.1) is 0 Å². The molecule has 78 valence electrons. The first-order chi connectivity index (χ1) is 5.96. The van der Waals surface area contributed by atoms with Gasteiger partial charge in [-0.15, -0.1) is 0 Å². The van der Waals surface area contributed by atoms with E-state index in [9.17, 15) is 8.42 Å². The maximum atomic E-state index is 11.0. The first-order valence-electron chi connectivity index (χ1n) is 4.72. The highest BCUT2D eigenvalue weighted by atomic mass is 32.2. The third kappa shape index (κ3) is 2.93. The fraction of sp³-hybridized carbons (Fsp3) is 1.00. The monoisotopic (exact) mass is 207 g/mol. The molecule has 0 spiro atoms. The minimum Gasteiger partial charge on any atom is -0.273 e. The van der Waals surface area contributed by atoms with Crippen molar-refractivity contribution in [3.05, 3.63) is 0 Å². The maximum absolute atomic E-state index is 11.0. The van der Waals surface area contributed by atoms with E-state index < -0.39 is 10.3 Å². The predicted octanol–water partition coefficient (Wildman–Crippen LogP) is 1.44. The number of rotatable bonds is 5. The van der Waals surface area contributed by atoms with Gasteiger partial charge in [-0.25, -0.2) is 0 Å². The van der Waals surface area contributed by atoms with Crippen molar-refractivity contribution in [2.24, 2.45) is 0 Å². The average Bonchev–Trinajstić information content (AvgIpc) is 2.68. The van der Waals surface area contributed by atoms with Crippen LogP contribution in [0.4, 0.5) is 0 Å². The van der Waals surface area contributed by atoms with Crippen molar-refractivity contribution in [2.45, 2.75) is 51.6 Å². The predicted molar refractivity (Wildman–Crippen MR) is 50.8 cm³/mol. The summed E-state index contributed by atoms with van der Waals surface area (Å²) in [6.45, 7) is 3.85. The van der Waals surface area contributed by atoms with Crippen molar-refractivity contribution in [3.8, 4) is 0 Å². The molecule has 0 aromatic heterocycles. The molecule has 1 fully saturated rings. The summed E-state index contributed by atoms with van der Waals surface area (Å²) in [5, 5.41) is 0. The second-order valence-corrected chi connectivity index (χ2v) is 4.99. The lowest BCUT2D eigenvalue weighted by Crippen LogP contribution is -2.39. The summed E-state index contributed by atoms with van der Waals surface area (Å²) in [6.07, 6.45) is 3.50. The Morgan fingerprint density at radius 3 is 2.38 bits per heavy atom. The highest BCUT2D eigenvalue weighted by Crippen LogP contribution is 2.31. The topological polar surface area (TPSA) is 57.6 Å². The second kappa shape index (κ2) is 3.94. The number of hydrogen-bond acceptors (Lipinski definition) is 2. The Morgan fingerprint density at radius 1 is 1.54 bits per heavy atom. The molecule has 0 heterocycles. The molecule has 1 aliphatic rings. The van der Waals surface area contributed by atoms with E-state index in [-0.39, 0.29) is 12.1 Å². The van der Waals surface area contributed by atoms with Crippen LogP contribution in [0.3, 0.4) is 0 Å². The lowest BCUT2D eigenvalue weighted by Gasteiger charge is -2.24. The molecule has 5 heteroatoms. The fourth-order valence-corrected chi connectivity index (χ4v) is 2.80. The third-order valence-corrected chi connectivity index (χ3v) is 3.50. The second-order valence-electron chi connectivity index (χ2n) is 3.68. The Kier molecular flexibility index (Phi) is 3.32. The van der Waals surface area contributed by atoms with Crippen LogP contribution >= 0.6 is 0 Å². The van der Waals surface area contributed by atoms with Crippen molar-refractivity contribution in [2.75, 3.05) is 0 Å². The molecule has 0 aliphatic heterocycles. The number of hydrogen-bond donors (Lipinski definition) is 1. The molecule has 1 N–H and O–H groups in total. The Bertz CT molecular complexity index is 259. The number of nitrogens with zero attached hydrogens (tertiary/aromatic N) is 1. The van der Waals surface area contributed by atoms with E-state index in [0.29, 0.717) is 0 Å². The van der Waals surface area contributed by atoms with E-state index in [2.05, 4.69) is 0 Å². The van der Waals surface area contributed by atoms with Gasteiger partial charge in [0.1, 0.15) is 0 Å². The normalized spacial score (nSPS) is 20.6. The van der Waals surface area contributed by atoms with Crippen molar-refractivity contribution in [1.29, 1.82) is 0 Å². The molecule has 0 saturated heterocycles. The molecule has 1 aliphatic carbocycles. The summed E-state index contributed by atoms with van der Waals surface area (Å²) in [7, 11) is -3.99. The average molecular weight is 207 g/mol. The van der Waals surface area contributed by atoms with E-state index in [4.69, 9.17) is 4.55 Å². The summed E-state index contributed by atoms with van der Waals surface area (Å²) in [6, 6.07) is -0.0240. The van der Waals surface area contributed by atoms with Gasteiger partial charge in [-0.3, -0.25) is 4.55 Å². The first-order valence-corrected chi connectivity index (χ1v) is 6.12.